The van der Waals surface area contributed by atoms with E-state index in [0.29, 0.717) is 51.8 Å². The molecule has 0 radical (unpaired) electrons. The van der Waals surface area contributed by atoms with Crippen molar-refractivity contribution < 1.29 is 23.5 Å². The molecule has 0 N–H and O–H groups in total. The molecule has 41 heavy (non-hydrogen) atoms. The molecule has 0 spiro atoms. The van der Waals surface area contributed by atoms with Crippen molar-refractivity contribution >= 4 is 39.2 Å². The molecule has 8 nitrogen and oxygen atoms in total. The Kier molecular flexibility index (Phi) is 8.03. The van der Waals surface area contributed by atoms with Gasteiger partial charge in [-0.05, 0) is 62.4 Å². The van der Waals surface area contributed by atoms with Gasteiger partial charge in [0.05, 0.1) is 21.0 Å². The quantitative estimate of drug-likeness (QED) is 0.383. The van der Waals surface area contributed by atoms with Gasteiger partial charge in [-0.2, -0.15) is 0 Å². The van der Waals surface area contributed by atoms with E-state index in [1.807, 2.05) is 4.90 Å². The second kappa shape index (κ2) is 11.9. The molecule has 10 heteroatoms. The van der Waals surface area contributed by atoms with Gasteiger partial charge >= 0.3 is 0 Å². The average molecular weight is 579 g/mol. The number of thiophene rings is 1. The van der Waals surface area contributed by atoms with Crippen LogP contribution < -0.4 is 4.74 Å². The number of piperidine rings is 1. The third-order valence-corrected chi connectivity index (χ3v) is 9.42. The molecule has 2 amide bonds. The zero-order chi connectivity index (χ0) is 28.5. The minimum absolute atomic E-state index is 0.0541. The molecule has 216 valence electrons. The topological polar surface area (TPSA) is 83.1 Å². The largest absolute Gasteiger partial charge is 0.453 e. The van der Waals surface area contributed by atoms with Crippen LogP contribution in [-0.4, -0.2) is 83.6 Å². The number of ether oxygens (including phenoxy) is 1. The Bertz CT molecular complexity index is 1460. The molecule has 3 aromatic rings. The summed E-state index contributed by atoms with van der Waals surface area (Å²) in [7, 11) is 2.06. The Labute approximate surface area is 243 Å². The minimum atomic E-state index is -0.538. The standard InChI is InChI=1S/C31H35FN4O4S/c1-34-11-13-35(14-12-34)30(38)22-3-2-10-36(19-22)31(39)28-18-25-29(41-28)27(8-9-33-25)40-26-7-6-21(17-24(26)32)16-23(37)15-20-4-5-20/h6-9,17-18,20,22H,2-5,10-16,19H2,1H3. The second-order valence-electron chi connectivity index (χ2n) is 11.6. The molecule has 4 heterocycles. The van der Waals surface area contributed by atoms with Gasteiger partial charge in [-0.1, -0.05) is 6.07 Å². The maximum Gasteiger partial charge on any atom is 0.264 e. The van der Waals surface area contributed by atoms with Crippen LogP contribution in [0.5, 0.6) is 11.5 Å². The lowest BCUT2D eigenvalue weighted by atomic mass is 9.96. The Hall–Kier alpha value is -3.37. The molecule has 6 rings (SSSR count). The fraction of sp³-hybridized carbons (Fsp3) is 0.484. The molecule has 1 unspecified atom stereocenters. The number of hydrogen-bond acceptors (Lipinski definition) is 7. The highest BCUT2D eigenvalue weighted by molar-refractivity contribution is 7.21. The maximum atomic E-state index is 15.0. The van der Waals surface area contributed by atoms with Crippen LogP contribution in [0.2, 0.25) is 0 Å². The molecule has 1 aliphatic carbocycles. The van der Waals surface area contributed by atoms with Crippen LogP contribution in [0.15, 0.2) is 36.5 Å². The van der Waals surface area contributed by atoms with Crippen LogP contribution in [0.1, 0.15) is 47.3 Å². The molecule has 2 aliphatic heterocycles. The molecule has 3 aliphatic rings. The smallest absolute Gasteiger partial charge is 0.264 e. The predicted molar refractivity (Wildman–Crippen MR) is 155 cm³/mol. The highest BCUT2D eigenvalue weighted by Crippen LogP contribution is 2.37. The van der Waals surface area contributed by atoms with Crippen molar-refractivity contribution in [3.05, 3.63) is 52.8 Å². The number of Topliss-reactive ketones (excluding diaryl/α,β-unsaturated/α-hetero) is 1. The molecule has 2 aromatic heterocycles. The van der Waals surface area contributed by atoms with E-state index in [2.05, 4.69) is 16.9 Å². The van der Waals surface area contributed by atoms with E-state index in [0.717, 1.165) is 51.9 Å². The molecular weight excluding hydrogens is 543 g/mol. The Balaban J connectivity index is 1.13. The summed E-state index contributed by atoms with van der Waals surface area (Å²) in [4.78, 5) is 49.7. The van der Waals surface area contributed by atoms with Crippen LogP contribution in [0, 0.1) is 17.7 Å². The molecule has 2 saturated heterocycles. The van der Waals surface area contributed by atoms with Crippen molar-refractivity contribution in [1.29, 1.82) is 0 Å². The van der Waals surface area contributed by atoms with E-state index in [-0.39, 0.29) is 35.7 Å². The minimum Gasteiger partial charge on any atom is -0.453 e. The first-order valence-corrected chi connectivity index (χ1v) is 15.3. The van der Waals surface area contributed by atoms with Crippen LogP contribution in [0.25, 0.3) is 10.2 Å². The van der Waals surface area contributed by atoms with Gasteiger partial charge in [0.1, 0.15) is 11.5 Å². The van der Waals surface area contributed by atoms with Gasteiger partial charge in [0.25, 0.3) is 5.91 Å². The van der Waals surface area contributed by atoms with Gasteiger partial charge in [0.15, 0.2) is 11.6 Å². The summed E-state index contributed by atoms with van der Waals surface area (Å²) in [6, 6.07) is 8.03. The normalized spacial score (nSPS) is 19.9. The molecule has 3 fully saturated rings. The number of amides is 2. The lowest BCUT2D eigenvalue weighted by molar-refractivity contribution is -0.138. The number of pyridine rings is 1. The number of likely N-dealkylation sites (tertiary alicyclic amines) is 1. The van der Waals surface area contributed by atoms with Crippen molar-refractivity contribution in [2.45, 2.75) is 38.5 Å². The van der Waals surface area contributed by atoms with Crippen LogP contribution in [0.4, 0.5) is 4.39 Å². The van der Waals surface area contributed by atoms with Gasteiger partial charge in [0.2, 0.25) is 5.91 Å². The number of halogens is 1. The summed E-state index contributed by atoms with van der Waals surface area (Å²) in [5.41, 5.74) is 1.23. The van der Waals surface area contributed by atoms with Crippen LogP contribution >= 0.6 is 11.3 Å². The van der Waals surface area contributed by atoms with Gasteiger partial charge in [0, 0.05) is 64.4 Å². The van der Waals surface area contributed by atoms with Crippen molar-refractivity contribution in [2.24, 2.45) is 11.8 Å². The Morgan fingerprint density at radius 1 is 1.00 bits per heavy atom. The SMILES string of the molecule is CN1CCN(C(=O)C2CCCN(C(=O)c3cc4nccc(Oc5ccc(CC(=O)CC6CC6)cc5F)c4s3)C2)CC1. The van der Waals surface area contributed by atoms with E-state index in [9.17, 15) is 18.8 Å². The van der Waals surface area contributed by atoms with E-state index >= 15 is 0 Å². The summed E-state index contributed by atoms with van der Waals surface area (Å²) in [6.45, 7) is 4.22. The number of piperazine rings is 1. The number of carbonyl (C=O) groups excluding carboxylic acids is 3. The number of benzene rings is 1. The predicted octanol–water partition coefficient (Wildman–Crippen LogP) is 4.77. The number of nitrogens with zero attached hydrogens (tertiary/aromatic N) is 4. The number of hydrogen-bond donors (Lipinski definition) is 0. The van der Waals surface area contributed by atoms with E-state index in [1.54, 1.807) is 35.4 Å². The number of carbonyl (C=O) groups is 3. The number of aromatic nitrogens is 1. The highest BCUT2D eigenvalue weighted by atomic mass is 32.1. The van der Waals surface area contributed by atoms with Crippen molar-refractivity contribution in [1.82, 2.24) is 19.7 Å². The summed E-state index contributed by atoms with van der Waals surface area (Å²) < 4.78 is 21.6. The van der Waals surface area contributed by atoms with Crippen LogP contribution in [-0.2, 0) is 16.0 Å². The molecule has 0 bridgehead atoms. The second-order valence-corrected chi connectivity index (χ2v) is 12.6. The number of likely N-dealkylation sites (N-methyl/N-ethyl adjacent to an activating group) is 1. The molecule has 1 atom stereocenters. The van der Waals surface area contributed by atoms with Gasteiger partial charge in [-0.3, -0.25) is 19.4 Å². The fourth-order valence-corrected chi connectivity index (χ4v) is 6.74. The third kappa shape index (κ3) is 6.43. The molecule has 1 aromatic carbocycles. The maximum absolute atomic E-state index is 15.0. The zero-order valence-electron chi connectivity index (χ0n) is 23.3. The van der Waals surface area contributed by atoms with Gasteiger partial charge in [-0.25, -0.2) is 4.39 Å². The number of fused-ring (bicyclic) bond motifs is 1. The van der Waals surface area contributed by atoms with E-state index < -0.39 is 5.82 Å². The van der Waals surface area contributed by atoms with Crippen molar-refractivity contribution in [3.8, 4) is 11.5 Å². The molecular formula is C31H35FN4O4S. The highest BCUT2D eigenvalue weighted by Gasteiger charge is 2.33. The lowest BCUT2D eigenvalue weighted by Gasteiger charge is -2.38. The Morgan fingerprint density at radius 2 is 1.80 bits per heavy atom. The van der Waals surface area contributed by atoms with Crippen molar-refractivity contribution in [2.75, 3.05) is 46.3 Å². The van der Waals surface area contributed by atoms with E-state index in [4.69, 9.17) is 4.74 Å². The third-order valence-electron chi connectivity index (χ3n) is 8.29. The lowest BCUT2D eigenvalue weighted by Crippen LogP contribution is -2.52. The number of rotatable bonds is 8. The average Bonchev–Trinajstić information content (AvgIpc) is 3.67. The summed E-state index contributed by atoms with van der Waals surface area (Å²) in [5.74, 6) is 0.409. The number of ketones is 1. The van der Waals surface area contributed by atoms with Crippen LogP contribution in [0.3, 0.4) is 0 Å². The Morgan fingerprint density at radius 3 is 2.56 bits per heavy atom. The zero-order valence-corrected chi connectivity index (χ0v) is 24.1. The summed E-state index contributed by atoms with van der Waals surface area (Å²) >= 11 is 1.27. The first-order valence-electron chi connectivity index (χ1n) is 14.5. The first-order chi connectivity index (χ1) is 19.8. The van der Waals surface area contributed by atoms with Gasteiger partial charge in [-0.15, -0.1) is 11.3 Å². The summed E-state index contributed by atoms with van der Waals surface area (Å²) in [6.07, 6.45) is 6.17. The van der Waals surface area contributed by atoms with E-state index in [1.165, 1.54) is 17.4 Å². The van der Waals surface area contributed by atoms with Crippen molar-refractivity contribution in [3.63, 3.8) is 0 Å². The molecule has 1 saturated carbocycles. The monoisotopic (exact) mass is 578 g/mol. The first kappa shape index (κ1) is 27.8. The fourth-order valence-electron chi connectivity index (χ4n) is 5.70. The summed E-state index contributed by atoms with van der Waals surface area (Å²) in [5, 5.41) is 0. The van der Waals surface area contributed by atoms with Gasteiger partial charge < -0.3 is 19.4 Å².